The summed E-state index contributed by atoms with van der Waals surface area (Å²) in [7, 11) is 2.71. The molecular formula is C46H54N4O7. The van der Waals surface area contributed by atoms with Crippen LogP contribution in [0.2, 0.25) is 0 Å². The Morgan fingerprint density at radius 3 is 1.56 bits per heavy atom. The molecule has 0 spiro atoms. The number of nitrogens with zero attached hydrogens (tertiary/aromatic N) is 3. The third-order valence-electron chi connectivity index (χ3n) is 10.1. The molecule has 4 aromatic rings. The first-order valence-electron chi connectivity index (χ1n) is 19.1. The van der Waals surface area contributed by atoms with Gasteiger partial charge in [-0.1, -0.05) is 84.9 Å². The van der Waals surface area contributed by atoms with Crippen LogP contribution in [-0.4, -0.2) is 86.0 Å². The van der Waals surface area contributed by atoms with Crippen LogP contribution in [0.4, 0.5) is 4.79 Å². The molecule has 0 unspecified atom stereocenters. The maximum atomic E-state index is 11.0. The van der Waals surface area contributed by atoms with E-state index in [9.17, 15) is 14.4 Å². The highest BCUT2D eigenvalue weighted by atomic mass is 16.5. The van der Waals surface area contributed by atoms with Crippen molar-refractivity contribution in [3.63, 3.8) is 0 Å². The van der Waals surface area contributed by atoms with Crippen LogP contribution in [-0.2, 0) is 9.59 Å². The fourth-order valence-corrected chi connectivity index (χ4v) is 6.81. The third-order valence-corrected chi connectivity index (χ3v) is 10.1. The van der Waals surface area contributed by atoms with Crippen molar-refractivity contribution in [3.05, 3.63) is 145 Å². The zero-order chi connectivity index (χ0) is 40.9. The van der Waals surface area contributed by atoms with Gasteiger partial charge < -0.3 is 24.7 Å². The highest BCUT2D eigenvalue weighted by Gasteiger charge is 2.35. The minimum absolute atomic E-state index is 0.0434. The summed E-state index contributed by atoms with van der Waals surface area (Å²) in [6.45, 7) is 16.2. The van der Waals surface area contributed by atoms with Crippen molar-refractivity contribution < 1.29 is 33.3 Å². The molecule has 300 valence electrons. The van der Waals surface area contributed by atoms with E-state index in [4.69, 9.17) is 24.7 Å². The smallest absolute Gasteiger partial charge is 0.332 e. The van der Waals surface area contributed by atoms with E-state index in [2.05, 4.69) is 56.2 Å². The maximum Gasteiger partial charge on any atom is 0.332 e. The number of amides is 4. The van der Waals surface area contributed by atoms with Crippen LogP contribution >= 0.6 is 0 Å². The number of nitrogens with two attached hydrogens (primary N) is 1. The largest absolute Gasteiger partial charge is 0.493 e. The van der Waals surface area contributed by atoms with Gasteiger partial charge in [-0.3, -0.25) is 24.3 Å². The Kier molecular flexibility index (Phi) is 15.1. The van der Waals surface area contributed by atoms with Crippen LogP contribution in [0, 0.1) is 25.7 Å². The highest BCUT2D eigenvalue weighted by Crippen LogP contribution is 2.40. The number of barbiturate groups is 1. The highest BCUT2D eigenvalue weighted by molar-refractivity contribution is 6.13. The average Bonchev–Trinajstić information content (AvgIpc) is 3.22. The molecule has 4 amide bonds. The lowest BCUT2D eigenvalue weighted by Gasteiger charge is -2.36. The maximum absolute atomic E-state index is 11.0. The lowest BCUT2D eigenvalue weighted by molar-refractivity contribution is -0.140. The van der Waals surface area contributed by atoms with Gasteiger partial charge in [0.05, 0.1) is 13.2 Å². The van der Waals surface area contributed by atoms with Crippen LogP contribution in [0.5, 0.6) is 23.0 Å². The molecule has 7 rings (SSSR count). The second-order valence-electron chi connectivity index (χ2n) is 14.2. The van der Waals surface area contributed by atoms with E-state index in [-0.39, 0.29) is 30.5 Å². The third kappa shape index (κ3) is 10.7. The molecule has 0 aliphatic carbocycles. The SMILES string of the molecule is C=CCN(CC=C)C[C@@H]1COc2ccccc2[C@@H]1Oc1ccccc1C.CN1C(=O)CC(=O)N(C)C1=O.Cc1ccccc1O[C@H]1c2ccccc2OC[C@H]1CN. The van der Waals surface area contributed by atoms with E-state index in [1.165, 1.54) is 14.1 Å². The molecule has 0 saturated carbocycles. The van der Waals surface area contributed by atoms with Crippen LogP contribution in [0.15, 0.2) is 122 Å². The Morgan fingerprint density at radius 1 is 0.684 bits per heavy atom. The Balaban J connectivity index is 0.000000177. The molecule has 3 aliphatic heterocycles. The number of para-hydroxylation sites is 4. The Bertz CT molecular complexity index is 1990. The van der Waals surface area contributed by atoms with Gasteiger partial charge in [0.25, 0.3) is 0 Å². The lowest BCUT2D eigenvalue weighted by Crippen LogP contribution is -2.51. The van der Waals surface area contributed by atoms with Crippen molar-refractivity contribution in [2.75, 3.05) is 53.5 Å². The van der Waals surface area contributed by atoms with Crippen molar-refractivity contribution in [1.29, 1.82) is 0 Å². The zero-order valence-corrected chi connectivity index (χ0v) is 33.3. The number of benzene rings is 4. The summed E-state index contributed by atoms with van der Waals surface area (Å²) < 4.78 is 24.6. The van der Waals surface area contributed by atoms with Crippen LogP contribution in [0.3, 0.4) is 0 Å². The van der Waals surface area contributed by atoms with Gasteiger partial charge in [-0.15, -0.1) is 13.2 Å². The first-order valence-corrected chi connectivity index (χ1v) is 19.1. The molecule has 0 aromatic heterocycles. The fraction of sp³-hybridized carbons (Fsp3) is 0.326. The monoisotopic (exact) mass is 774 g/mol. The van der Waals surface area contributed by atoms with Crippen molar-refractivity contribution in [1.82, 2.24) is 14.7 Å². The van der Waals surface area contributed by atoms with Gasteiger partial charge in [0, 0.05) is 63.2 Å². The number of urea groups is 1. The summed E-state index contributed by atoms with van der Waals surface area (Å²) in [6, 6.07) is 31.9. The number of carbonyl (C=O) groups is 3. The summed E-state index contributed by atoms with van der Waals surface area (Å²) in [5, 5.41) is 0. The average molecular weight is 775 g/mol. The van der Waals surface area contributed by atoms with Crippen LogP contribution < -0.4 is 24.7 Å². The summed E-state index contributed by atoms with van der Waals surface area (Å²) >= 11 is 0. The topological polar surface area (TPSA) is 124 Å². The summed E-state index contributed by atoms with van der Waals surface area (Å²) in [4.78, 5) is 36.8. The zero-order valence-electron chi connectivity index (χ0n) is 33.3. The minimum atomic E-state index is -0.564. The molecule has 3 aliphatic rings. The predicted octanol–water partition coefficient (Wildman–Crippen LogP) is 7.31. The van der Waals surface area contributed by atoms with Crippen molar-refractivity contribution >= 4 is 17.8 Å². The van der Waals surface area contributed by atoms with Crippen molar-refractivity contribution in [3.8, 4) is 23.0 Å². The van der Waals surface area contributed by atoms with E-state index in [1.807, 2.05) is 84.9 Å². The molecule has 1 fully saturated rings. The van der Waals surface area contributed by atoms with Gasteiger partial charge in [0.15, 0.2) is 0 Å². The first kappa shape index (κ1) is 42.2. The molecule has 3 heterocycles. The molecule has 4 aromatic carbocycles. The Hall–Kier alpha value is -5.91. The first-order chi connectivity index (χ1) is 27.6. The molecule has 57 heavy (non-hydrogen) atoms. The number of carbonyl (C=O) groups excluding carboxylic acids is 3. The quantitative estimate of drug-likeness (QED) is 0.124. The number of hydrogen-bond acceptors (Lipinski definition) is 9. The van der Waals surface area contributed by atoms with E-state index >= 15 is 0 Å². The van der Waals surface area contributed by atoms with Gasteiger partial charge in [0.1, 0.15) is 41.6 Å². The number of fused-ring (bicyclic) bond motifs is 2. The molecule has 1 saturated heterocycles. The van der Waals surface area contributed by atoms with Gasteiger partial charge in [-0.25, -0.2) is 4.79 Å². The molecule has 0 bridgehead atoms. The van der Waals surface area contributed by atoms with E-state index in [1.54, 1.807) is 0 Å². The molecule has 11 nitrogen and oxygen atoms in total. The normalized spacial score (nSPS) is 19.6. The fourth-order valence-electron chi connectivity index (χ4n) is 6.81. The summed E-state index contributed by atoms with van der Waals surface area (Å²) in [5.41, 5.74) is 10.4. The molecule has 11 heteroatoms. The van der Waals surface area contributed by atoms with Crippen LogP contribution in [0.1, 0.15) is 40.9 Å². The Labute approximate surface area is 336 Å². The number of ether oxygens (including phenoxy) is 4. The van der Waals surface area contributed by atoms with Gasteiger partial charge in [-0.2, -0.15) is 0 Å². The molecule has 4 atom stereocenters. The minimum Gasteiger partial charge on any atom is -0.493 e. The van der Waals surface area contributed by atoms with Gasteiger partial charge in [0.2, 0.25) is 11.8 Å². The second-order valence-corrected chi connectivity index (χ2v) is 14.2. The van der Waals surface area contributed by atoms with Crippen LogP contribution in [0.25, 0.3) is 0 Å². The van der Waals surface area contributed by atoms with E-state index in [0.29, 0.717) is 19.8 Å². The number of imide groups is 2. The molecule has 2 N–H and O–H groups in total. The lowest BCUT2D eigenvalue weighted by atomic mass is 9.92. The van der Waals surface area contributed by atoms with E-state index in [0.717, 1.165) is 74.7 Å². The van der Waals surface area contributed by atoms with E-state index < -0.39 is 17.8 Å². The number of aryl methyl sites for hydroxylation is 2. The predicted molar refractivity (Wildman–Crippen MR) is 221 cm³/mol. The second kappa shape index (κ2) is 20.3. The van der Waals surface area contributed by atoms with Gasteiger partial charge in [-0.05, 0) is 49.2 Å². The van der Waals surface area contributed by atoms with Crippen molar-refractivity contribution in [2.24, 2.45) is 17.6 Å². The Morgan fingerprint density at radius 2 is 1.11 bits per heavy atom. The summed E-state index contributed by atoms with van der Waals surface area (Å²) in [6.07, 6.45) is 3.55. The number of rotatable bonds is 11. The number of hydrogen-bond donors (Lipinski definition) is 1. The molecule has 0 radical (unpaired) electrons. The van der Waals surface area contributed by atoms with Crippen molar-refractivity contribution in [2.45, 2.75) is 32.5 Å². The molecular weight excluding hydrogens is 721 g/mol. The van der Waals surface area contributed by atoms with Gasteiger partial charge >= 0.3 is 6.03 Å². The standard InChI is InChI=1S/C23H27NO2.C17H19NO2.C6H8N2O3/c1-4-14-24(15-5-2)16-19-17-25-22-13-9-7-11-20(22)23(19)26-21-12-8-6-10-18(21)3;1-12-6-2-4-8-15(12)20-17-13(10-18)11-19-16-9-5-3-7-14(16)17;1-7-4(9)3-5(10)8(2)6(7)11/h4-13,19,23H,1-2,14-17H2,3H3;2-9,13,17H,10-11,18H2,1H3;3H2,1-2H3/t19-,23-;13-,17-;/m11./s1. The summed E-state index contributed by atoms with van der Waals surface area (Å²) in [5.74, 6) is 3.16.